The third-order valence-electron chi connectivity index (χ3n) is 2.41. The monoisotopic (exact) mass is 244 g/mol. The fraction of sp³-hybridized carbons (Fsp3) is 0.0769. The van der Waals surface area contributed by atoms with E-state index in [4.69, 9.17) is 10.5 Å². The summed E-state index contributed by atoms with van der Waals surface area (Å²) >= 11 is 0. The standard InChI is InChI=1S/C13H12N2O3/c14-13(17)9-3-5-10(6-4-9)18-8-12(16)11-2-1-7-15-11/h1-7,15H,8H2,(H2,14,17). The summed E-state index contributed by atoms with van der Waals surface area (Å²) in [5.41, 5.74) is 6.02. The van der Waals surface area contributed by atoms with Gasteiger partial charge in [-0.05, 0) is 36.4 Å². The number of benzene rings is 1. The normalized spacial score (nSPS) is 10.0. The van der Waals surface area contributed by atoms with Crippen LogP contribution < -0.4 is 10.5 Å². The van der Waals surface area contributed by atoms with E-state index in [1.54, 1.807) is 42.6 Å². The fourth-order valence-electron chi connectivity index (χ4n) is 1.45. The first-order chi connectivity index (χ1) is 8.66. The maximum atomic E-state index is 11.6. The summed E-state index contributed by atoms with van der Waals surface area (Å²) in [6, 6.07) is 9.73. The third kappa shape index (κ3) is 2.76. The van der Waals surface area contributed by atoms with Crippen molar-refractivity contribution in [2.45, 2.75) is 0 Å². The number of ether oxygens (including phenoxy) is 1. The molecule has 0 aliphatic heterocycles. The zero-order chi connectivity index (χ0) is 13.0. The molecular formula is C13H12N2O3. The van der Waals surface area contributed by atoms with E-state index in [2.05, 4.69) is 4.98 Å². The number of aromatic amines is 1. The molecule has 0 radical (unpaired) electrons. The van der Waals surface area contributed by atoms with Crippen molar-refractivity contribution in [1.29, 1.82) is 0 Å². The van der Waals surface area contributed by atoms with Crippen LogP contribution in [0.4, 0.5) is 0 Å². The third-order valence-corrected chi connectivity index (χ3v) is 2.41. The number of Topliss-reactive ketones (excluding diaryl/α,β-unsaturated/α-hetero) is 1. The lowest BCUT2D eigenvalue weighted by Crippen LogP contribution is -2.13. The molecule has 0 unspecified atom stereocenters. The Kier molecular flexibility index (Phi) is 3.43. The summed E-state index contributed by atoms with van der Waals surface area (Å²) in [5, 5.41) is 0. The number of carbonyl (C=O) groups excluding carboxylic acids is 2. The van der Waals surface area contributed by atoms with Gasteiger partial charge in [0, 0.05) is 11.8 Å². The van der Waals surface area contributed by atoms with Crippen LogP contribution in [0.15, 0.2) is 42.6 Å². The average molecular weight is 244 g/mol. The molecule has 3 N–H and O–H groups in total. The molecule has 0 atom stereocenters. The Hall–Kier alpha value is -2.56. The predicted molar refractivity (Wildman–Crippen MR) is 65.6 cm³/mol. The SMILES string of the molecule is NC(=O)c1ccc(OCC(=O)c2ccc[nH]2)cc1. The van der Waals surface area contributed by atoms with Gasteiger partial charge in [0.05, 0.1) is 5.69 Å². The largest absolute Gasteiger partial charge is 0.485 e. The van der Waals surface area contributed by atoms with Crippen LogP contribution in [-0.4, -0.2) is 23.3 Å². The van der Waals surface area contributed by atoms with Gasteiger partial charge in [-0.3, -0.25) is 9.59 Å². The lowest BCUT2D eigenvalue weighted by Gasteiger charge is -2.05. The molecule has 2 aromatic rings. The molecule has 18 heavy (non-hydrogen) atoms. The minimum Gasteiger partial charge on any atom is -0.485 e. The highest BCUT2D eigenvalue weighted by Crippen LogP contribution is 2.12. The van der Waals surface area contributed by atoms with Crippen LogP contribution in [-0.2, 0) is 0 Å². The van der Waals surface area contributed by atoms with E-state index < -0.39 is 5.91 Å². The van der Waals surface area contributed by atoms with E-state index in [1.165, 1.54) is 0 Å². The molecule has 0 saturated heterocycles. The van der Waals surface area contributed by atoms with Crippen molar-refractivity contribution >= 4 is 11.7 Å². The fourth-order valence-corrected chi connectivity index (χ4v) is 1.45. The van der Waals surface area contributed by atoms with Crippen LogP contribution >= 0.6 is 0 Å². The molecule has 5 heteroatoms. The van der Waals surface area contributed by atoms with Crippen LogP contribution in [0.25, 0.3) is 0 Å². The number of nitrogens with one attached hydrogen (secondary N) is 1. The molecule has 0 bridgehead atoms. The number of hydrogen-bond acceptors (Lipinski definition) is 3. The van der Waals surface area contributed by atoms with E-state index in [0.717, 1.165) is 0 Å². The van der Waals surface area contributed by atoms with E-state index in [0.29, 0.717) is 17.0 Å². The van der Waals surface area contributed by atoms with Crippen molar-refractivity contribution in [2.75, 3.05) is 6.61 Å². The van der Waals surface area contributed by atoms with Crippen LogP contribution in [0, 0.1) is 0 Å². The number of hydrogen-bond donors (Lipinski definition) is 2. The summed E-state index contributed by atoms with van der Waals surface area (Å²) in [6.07, 6.45) is 1.68. The molecular weight excluding hydrogens is 232 g/mol. The molecule has 1 heterocycles. The molecule has 0 aliphatic rings. The van der Waals surface area contributed by atoms with Gasteiger partial charge in [0.2, 0.25) is 11.7 Å². The molecule has 92 valence electrons. The van der Waals surface area contributed by atoms with Crippen molar-refractivity contribution in [3.63, 3.8) is 0 Å². The first kappa shape index (κ1) is 11.9. The second-order valence-corrected chi connectivity index (χ2v) is 3.68. The lowest BCUT2D eigenvalue weighted by molar-refractivity contribution is 0.0916. The Bertz CT molecular complexity index is 544. The van der Waals surface area contributed by atoms with Crippen LogP contribution in [0.1, 0.15) is 20.8 Å². The number of H-pyrrole nitrogens is 1. The highest BCUT2D eigenvalue weighted by molar-refractivity contribution is 5.95. The zero-order valence-corrected chi connectivity index (χ0v) is 9.55. The Morgan fingerprint density at radius 1 is 1.17 bits per heavy atom. The van der Waals surface area contributed by atoms with Crippen LogP contribution in [0.2, 0.25) is 0 Å². The minimum absolute atomic E-state index is 0.0591. The quantitative estimate of drug-likeness (QED) is 0.779. The van der Waals surface area contributed by atoms with Crippen molar-refractivity contribution in [2.24, 2.45) is 5.73 Å². The van der Waals surface area contributed by atoms with E-state index in [1.807, 2.05) is 0 Å². The lowest BCUT2D eigenvalue weighted by atomic mass is 10.2. The molecule has 0 aliphatic carbocycles. The topological polar surface area (TPSA) is 85.2 Å². The highest BCUT2D eigenvalue weighted by Gasteiger charge is 2.07. The summed E-state index contributed by atoms with van der Waals surface area (Å²) in [5.74, 6) is -0.122. The number of nitrogens with two attached hydrogens (primary N) is 1. The van der Waals surface area contributed by atoms with Gasteiger partial charge in [0.25, 0.3) is 0 Å². The summed E-state index contributed by atoms with van der Waals surface area (Å²) in [4.78, 5) is 25.3. The molecule has 1 amide bonds. The number of primary amides is 1. The van der Waals surface area contributed by atoms with Crippen LogP contribution in [0.5, 0.6) is 5.75 Å². The first-order valence-electron chi connectivity index (χ1n) is 5.36. The maximum absolute atomic E-state index is 11.6. The van der Waals surface area contributed by atoms with Gasteiger partial charge in [-0.25, -0.2) is 0 Å². The number of ketones is 1. The van der Waals surface area contributed by atoms with Gasteiger partial charge in [-0.2, -0.15) is 0 Å². The molecule has 0 spiro atoms. The number of carbonyl (C=O) groups is 2. The number of aromatic nitrogens is 1. The van der Waals surface area contributed by atoms with Gasteiger partial charge in [0.15, 0.2) is 6.61 Å². The Morgan fingerprint density at radius 3 is 2.44 bits per heavy atom. The summed E-state index contributed by atoms with van der Waals surface area (Å²) in [7, 11) is 0. The molecule has 1 aromatic heterocycles. The van der Waals surface area contributed by atoms with Crippen molar-refractivity contribution in [3.8, 4) is 5.75 Å². The zero-order valence-electron chi connectivity index (χ0n) is 9.55. The summed E-state index contributed by atoms with van der Waals surface area (Å²) in [6.45, 7) is -0.0591. The smallest absolute Gasteiger partial charge is 0.248 e. The Labute approximate surface area is 104 Å². The molecule has 0 fully saturated rings. The van der Waals surface area contributed by atoms with Crippen molar-refractivity contribution in [1.82, 2.24) is 4.98 Å². The maximum Gasteiger partial charge on any atom is 0.248 e. The van der Waals surface area contributed by atoms with Gasteiger partial charge < -0.3 is 15.5 Å². The van der Waals surface area contributed by atoms with Crippen molar-refractivity contribution < 1.29 is 14.3 Å². The van der Waals surface area contributed by atoms with Crippen LogP contribution in [0.3, 0.4) is 0 Å². The molecule has 0 saturated carbocycles. The number of rotatable bonds is 5. The minimum atomic E-state index is -0.496. The van der Waals surface area contributed by atoms with Gasteiger partial charge >= 0.3 is 0 Å². The van der Waals surface area contributed by atoms with E-state index >= 15 is 0 Å². The highest BCUT2D eigenvalue weighted by atomic mass is 16.5. The Balaban J connectivity index is 1.94. The first-order valence-corrected chi connectivity index (χ1v) is 5.36. The van der Waals surface area contributed by atoms with Gasteiger partial charge in [-0.1, -0.05) is 0 Å². The number of amides is 1. The molecule has 5 nitrogen and oxygen atoms in total. The van der Waals surface area contributed by atoms with E-state index in [-0.39, 0.29) is 12.4 Å². The predicted octanol–water partition coefficient (Wildman–Crippen LogP) is 1.38. The average Bonchev–Trinajstić information content (AvgIpc) is 2.90. The second-order valence-electron chi connectivity index (χ2n) is 3.68. The van der Waals surface area contributed by atoms with E-state index in [9.17, 15) is 9.59 Å². The van der Waals surface area contributed by atoms with Crippen molar-refractivity contribution in [3.05, 3.63) is 53.9 Å². The molecule has 2 rings (SSSR count). The molecule has 1 aromatic carbocycles. The Morgan fingerprint density at radius 2 is 1.89 bits per heavy atom. The summed E-state index contributed by atoms with van der Waals surface area (Å²) < 4.78 is 5.30. The second kappa shape index (κ2) is 5.18. The van der Waals surface area contributed by atoms with Gasteiger partial charge in [-0.15, -0.1) is 0 Å². The van der Waals surface area contributed by atoms with Gasteiger partial charge in [0.1, 0.15) is 5.75 Å².